The van der Waals surface area contributed by atoms with Crippen molar-refractivity contribution in [2.75, 3.05) is 11.5 Å². The van der Waals surface area contributed by atoms with E-state index in [1.165, 1.54) is 6.08 Å². The van der Waals surface area contributed by atoms with Crippen molar-refractivity contribution in [1.29, 1.82) is 0 Å². The average molecular weight is 257 g/mol. The highest BCUT2D eigenvalue weighted by atomic mass is 32.2. The molecule has 0 aromatic heterocycles. The monoisotopic (exact) mass is 257 g/mol. The lowest BCUT2D eigenvalue weighted by atomic mass is 9.98. The van der Waals surface area contributed by atoms with E-state index in [4.69, 9.17) is 5.11 Å². The second-order valence-electron chi connectivity index (χ2n) is 4.24. The standard InChI is InChI=1S/C12H19NO3S/c1-2-3-10(12(15)16)13-11(14)8-9-4-6-17-7-5-9/h2,9-10H,1,3-8H2,(H,13,14)(H,15,16). The topological polar surface area (TPSA) is 66.4 Å². The number of carbonyl (C=O) groups excluding carboxylic acids is 1. The molecule has 17 heavy (non-hydrogen) atoms. The fourth-order valence-corrected chi connectivity index (χ4v) is 3.06. The van der Waals surface area contributed by atoms with Gasteiger partial charge >= 0.3 is 5.97 Å². The van der Waals surface area contributed by atoms with Gasteiger partial charge in [-0.2, -0.15) is 11.8 Å². The van der Waals surface area contributed by atoms with Crippen molar-refractivity contribution in [3.8, 4) is 0 Å². The largest absolute Gasteiger partial charge is 0.480 e. The molecule has 1 aliphatic heterocycles. The van der Waals surface area contributed by atoms with Crippen LogP contribution in [-0.4, -0.2) is 34.5 Å². The zero-order valence-electron chi connectivity index (χ0n) is 9.85. The molecule has 0 aromatic carbocycles. The Hall–Kier alpha value is -0.970. The van der Waals surface area contributed by atoms with Crippen molar-refractivity contribution >= 4 is 23.6 Å². The van der Waals surface area contributed by atoms with E-state index in [1.54, 1.807) is 0 Å². The van der Waals surface area contributed by atoms with E-state index in [9.17, 15) is 9.59 Å². The van der Waals surface area contributed by atoms with E-state index < -0.39 is 12.0 Å². The molecule has 5 heteroatoms. The number of amides is 1. The molecule has 1 fully saturated rings. The van der Waals surface area contributed by atoms with Crippen LogP contribution < -0.4 is 5.32 Å². The molecule has 1 amide bonds. The van der Waals surface area contributed by atoms with Gasteiger partial charge in [0.25, 0.3) is 0 Å². The molecule has 0 aliphatic carbocycles. The Labute approximate surface area is 106 Å². The first-order valence-corrected chi connectivity index (χ1v) is 6.99. The Morgan fingerprint density at radius 1 is 1.47 bits per heavy atom. The molecule has 0 aromatic rings. The molecule has 96 valence electrons. The minimum absolute atomic E-state index is 0.156. The second-order valence-corrected chi connectivity index (χ2v) is 5.47. The normalized spacial score (nSPS) is 18.4. The van der Waals surface area contributed by atoms with Crippen molar-refractivity contribution in [3.05, 3.63) is 12.7 Å². The summed E-state index contributed by atoms with van der Waals surface area (Å²) in [7, 11) is 0. The summed E-state index contributed by atoms with van der Waals surface area (Å²) >= 11 is 1.91. The first-order valence-electron chi connectivity index (χ1n) is 5.84. The fourth-order valence-electron chi connectivity index (χ4n) is 1.85. The highest BCUT2D eigenvalue weighted by Crippen LogP contribution is 2.25. The average Bonchev–Trinajstić information content (AvgIpc) is 2.29. The van der Waals surface area contributed by atoms with Gasteiger partial charge in [0.2, 0.25) is 5.91 Å². The number of carbonyl (C=O) groups is 2. The maximum absolute atomic E-state index is 11.7. The first-order chi connectivity index (χ1) is 8.13. The number of carboxylic acid groups (broad SMARTS) is 1. The summed E-state index contributed by atoms with van der Waals surface area (Å²) in [6.45, 7) is 3.49. The van der Waals surface area contributed by atoms with Crippen LogP contribution in [0.2, 0.25) is 0 Å². The Morgan fingerprint density at radius 3 is 2.65 bits per heavy atom. The van der Waals surface area contributed by atoms with Gasteiger partial charge in [-0.05, 0) is 36.7 Å². The van der Waals surface area contributed by atoms with Crippen molar-refractivity contribution in [3.63, 3.8) is 0 Å². The molecule has 1 aliphatic rings. The van der Waals surface area contributed by atoms with E-state index in [2.05, 4.69) is 11.9 Å². The third-order valence-corrected chi connectivity index (χ3v) is 3.90. The van der Waals surface area contributed by atoms with E-state index in [-0.39, 0.29) is 12.3 Å². The molecule has 0 radical (unpaired) electrons. The Balaban J connectivity index is 2.35. The van der Waals surface area contributed by atoms with Crippen LogP contribution in [0.1, 0.15) is 25.7 Å². The lowest BCUT2D eigenvalue weighted by Crippen LogP contribution is -2.41. The number of carboxylic acids is 1. The molecule has 0 bridgehead atoms. The maximum Gasteiger partial charge on any atom is 0.326 e. The second kappa shape index (κ2) is 7.37. The molecular weight excluding hydrogens is 238 g/mol. The summed E-state index contributed by atoms with van der Waals surface area (Å²) < 4.78 is 0. The van der Waals surface area contributed by atoms with Gasteiger partial charge in [-0.3, -0.25) is 4.79 Å². The van der Waals surface area contributed by atoms with Crippen molar-refractivity contribution in [2.45, 2.75) is 31.7 Å². The minimum Gasteiger partial charge on any atom is -0.480 e. The quantitative estimate of drug-likeness (QED) is 0.710. The zero-order valence-corrected chi connectivity index (χ0v) is 10.7. The molecule has 0 saturated carbocycles. The number of hydrogen-bond donors (Lipinski definition) is 2. The van der Waals surface area contributed by atoms with E-state index in [0.29, 0.717) is 12.3 Å². The summed E-state index contributed by atoms with van der Waals surface area (Å²) in [6, 6.07) is -0.835. The van der Waals surface area contributed by atoms with Gasteiger partial charge in [0.1, 0.15) is 6.04 Å². The summed E-state index contributed by atoms with van der Waals surface area (Å²) in [4.78, 5) is 22.5. The van der Waals surface area contributed by atoms with Gasteiger partial charge < -0.3 is 10.4 Å². The lowest BCUT2D eigenvalue weighted by molar-refractivity contribution is -0.141. The molecule has 1 atom stereocenters. The number of hydrogen-bond acceptors (Lipinski definition) is 3. The fraction of sp³-hybridized carbons (Fsp3) is 0.667. The Bertz CT molecular complexity index is 287. The number of nitrogens with one attached hydrogen (secondary N) is 1. The molecule has 1 rings (SSSR count). The van der Waals surface area contributed by atoms with Gasteiger partial charge in [0.15, 0.2) is 0 Å². The number of aliphatic carboxylic acids is 1. The van der Waals surface area contributed by atoms with Crippen molar-refractivity contribution in [2.24, 2.45) is 5.92 Å². The van der Waals surface area contributed by atoms with E-state index in [1.807, 2.05) is 11.8 Å². The smallest absolute Gasteiger partial charge is 0.326 e. The van der Waals surface area contributed by atoms with Gasteiger partial charge in [-0.1, -0.05) is 6.08 Å². The number of rotatable bonds is 6. The third kappa shape index (κ3) is 5.26. The zero-order chi connectivity index (χ0) is 12.7. The SMILES string of the molecule is C=CCC(NC(=O)CC1CCSCC1)C(=O)O. The summed E-state index contributed by atoms with van der Waals surface area (Å²) in [6.07, 6.45) is 4.33. The van der Waals surface area contributed by atoms with Crippen molar-refractivity contribution < 1.29 is 14.7 Å². The summed E-state index contributed by atoms with van der Waals surface area (Å²) in [5.41, 5.74) is 0. The maximum atomic E-state index is 11.7. The molecular formula is C12H19NO3S. The predicted octanol–water partition coefficient (Wildman–Crippen LogP) is 1.67. The minimum atomic E-state index is -1.00. The van der Waals surface area contributed by atoms with Gasteiger partial charge in [0, 0.05) is 6.42 Å². The van der Waals surface area contributed by atoms with Crippen LogP contribution in [-0.2, 0) is 9.59 Å². The van der Waals surface area contributed by atoms with Crippen LogP contribution in [0.3, 0.4) is 0 Å². The highest BCUT2D eigenvalue weighted by Gasteiger charge is 2.21. The van der Waals surface area contributed by atoms with Crippen LogP contribution in [0, 0.1) is 5.92 Å². The van der Waals surface area contributed by atoms with Crippen LogP contribution >= 0.6 is 11.8 Å². The first kappa shape index (κ1) is 14.1. The molecule has 1 saturated heterocycles. The molecule has 0 spiro atoms. The molecule has 4 nitrogen and oxygen atoms in total. The van der Waals surface area contributed by atoms with E-state index >= 15 is 0 Å². The van der Waals surface area contributed by atoms with Crippen LogP contribution in [0.4, 0.5) is 0 Å². The summed E-state index contributed by atoms with van der Waals surface area (Å²) in [5.74, 6) is 1.46. The Morgan fingerprint density at radius 2 is 2.12 bits per heavy atom. The molecule has 2 N–H and O–H groups in total. The number of thioether (sulfide) groups is 1. The Kier molecular flexibility index (Phi) is 6.11. The molecule has 1 heterocycles. The van der Waals surface area contributed by atoms with Gasteiger partial charge in [0.05, 0.1) is 0 Å². The highest BCUT2D eigenvalue weighted by molar-refractivity contribution is 7.99. The van der Waals surface area contributed by atoms with Gasteiger partial charge in [-0.25, -0.2) is 4.79 Å². The van der Waals surface area contributed by atoms with Crippen LogP contribution in [0.15, 0.2) is 12.7 Å². The third-order valence-electron chi connectivity index (χ3n) is 2.85. The van der Waals surface area contributed by atoms with E-state index in [0.717, 1.165) is 24.3 Å². The van der Waals surface area contributed by atoms with Gasteiger partial charge in [-0.15, -0.1) is 6.58 Å². The molecule has 1 unspecified atom stereocenters. The summed E-state index contributed by atoms with van der Waals surface area (Å²) in [5, 5.41) is 11.4. The van der Waals surface area contributed by atoms with Crippen LogP contribution in [0.25, 0.3) is 0 Å². The van der Waals surface area contributed by atoms with Crippen molar-refractivity contribution in [1.82, 2.24) is 5.32 Å². The lowest BCUT2D eigenvalue weighted by Gasteiger charge is -2.21. The predicted molar refractivity (Wildman–Crippen MR) is 69.0 cm³/mol. The van der Waals surface area contributed by atoms with Crippen LogP contribution in [0.5, 0.6) is 0 Å².